The number of nitrogens with one attached hydrogen (secondary N) is 2. The molecule has 2 amide bonds. The number of aryl methyl sites for hydroxylation is 3. The maximum atomic E-state index is 12.9. The van der Waals surface area contributed by atoms with E-state index in [9.17, 15) is 9.59 Å². The van der Waals surface area contributed by atoms with Gasteiger partial charge in [0, 0.05) is 5.69 Å². The van der Waals surface area contributed by atoms with Gasteiger partial charge in [-0.05, 0) is 56.9 Å². The molecule has 0 radical (unpaired) electrons. The first-order valence-corrected chi connectivity index (χ1v) is 8.71. The highest BCUT2D eigenvalue weighted by molar-refractivity contribution is 6.17. The van der Waals surface area contributed by atoms with Crippen molar-refractivity contribution in [1.82, 2.24) is 0 Å². The molecule has 2 N–H and O–H groups in total. The average molecular weight is 352 g/mol. The Hall–Kier alpha value is -2.82. The molecule has 1 saturated carbocycles. The number of amides is 2. The summed E-state index contributed by atoms with van der Waals surface area (Å²) in [6.45, 7) is 5.95. The van der Waals surface area contributed by atoms with Crippen LogP contribution in [0.4, 0.5) is 11.4 Å². The van der Waals surface area contributed by atoms with E-state index in [1.54, 1.807) is 19.2 Å². The second kappa shape index (κ2) is 6.83. The number of methoxy groups -OCH3 is 1. The van der Waals surface area contributed by atoms with Crippen LogP contribution >= 0.6 is 0 Å². The van der Waals surface area contributed by atoms with E-state index >= 15 is 0 Å². The van der Waals surface area contributed by atoms with Crippen LogP contribution in [0.15, 0.2) is 36.4 Å². The quantitative estimate of drug-likeness (QED) is 0.800. The molecule has 3 rings (SSSR count). The minimum atomic E-state index is -1.01. The molecular weight excluding hydrogens is 328 g/mol. The Labute approximate surface area is 153 Å². The second-order valence-electron chi connectivity index (χ2n) is 6.96. The summed E-state index contributed by atoms with van der Waals surface area (Å²) < 4.78 is 5.26. The molecule has 0 atom stereocenters. The van der Waals surface area contributed by atoms with Crippen LogP contribution in [0.1, 0.15) is 29.5 Å². The lowest BCUT2D eigenvalue weighted by atomic mass is 10.0. The van der Waals surface area contributed by atoms with Crippen LogP contribution in [-0.4, -0.2) is 18.9 Å². The van der Waals surface area contributed by atoms with E-state index in [1.807, 2.05) is 45.0 Å². The molecule has 2 aromatic carbocycles. The Balaban J connectivity index is 1.78. The minimum Gasteiger partial charge on any atom is -0.495 e. The van der Waals surface area contributed by atoms with Crippen molar-refractivity contribution in [2.24, 2.45) is 5.41 Å². The SMILES string of the molecule is COc1ccccc1NC(=O)C1(C(=O)Nc2c(C)cc(C)cc2C)CC1. The molecular formula is C21H24N2O3. The molecule has 0 spiro atoms. The zero-order chi connectivity index (χ0) is 18.9. The molecule has 5 heteroatoms. The molecule has 0 saturated heterocycles. The van der Waals surface area contributed by atoms with Gasteiger partial charge in [-0.1, -0.05) is 29.8 Å². The fourth-order valence-electron chi connectivity index (χ4n) is 3.28. The van der Waals surface area contributed by atoms with Crippen LogP contribution in [-0.2, 0) is 9.59 Å². The van der Waals surface area contributed by atoms with Gasteiger partial charge in [0.1, 0.15) is 11.2 Å². The van der Waals surface area contributed by atoms with Crippen molar-refractivity contribution in [3.63, 3.8) is 0 Å². The minimum absolute atomic E-state index is 0.250. The van der Waals surface area contributed by atoms with Gasteiger partial charge in [-0.15, -0.1) is 0 Å². The molecule has 5 nitrogen and oxygen atoms in total. The lowest BCUT2D eigenvalue weighted by molar-refractivity contribution is -0.131. The molecule has 1 aliphatic rings. The standard InChI is InChI=1S/C21H24N2O3/c1-13-11-14(2)18(15(3)12-13)23-20(25)21(9-10-21)19(24)22-16-7-5-6-8-17(16)26-4/h5-8,11-12H,9-10H2,1-4H3,(H,22,24)(H,23,25). The monoisotopic (exact) mass is 352 g/mol. The maximum Gasteiger partial charge on any atom is 0.240 e. The number of hydrogen-bond donors (Lipinski definition) is 2. The van der Waals surface area contributed by atoms with E-state index in [-0.39, 0.29) is 11.8 Å². The van der Waals surface area contributed by atoms with Crippen LogP contribution < -0.4 is 15.4 Å². The van der Waals surface area contributed by atoms with Gasteiger partial charge in [-0.3, -0.25) is 9.59 Å². The van der Waals surface area contributed by atoms with E-state index in [4.69, 9.17) is 4.74 Å². The number of para-hydroxylation sites is 2. The van der Waals surface area contributed by atoms with Crippen LogP contribution in [0.5, 0.6) is 5.75 Å². The second-order valence-corrected chi connectivity index (χ2v) is 6.96. The van der Waals surface area contributed by atoms with E-state index in [2.05, 4.69) is 10.6 Å². The molecule has 0 bridgehead atoms. The molecule has 0 unspecified atom stereocenters. The third-order valence-electron chi connectivity index (χ3n) is 4.89. The van der Waals surface area contributed by atoms with Crippen molar-refractivity contribution < 1.29 is 14.3 Å². The molecule has 1 aliphatic carbocycles. The highest BCUT2D eigenvalue weighted by Crippen LogP contribution is 2.48. The van der Waals surface area contributed by atoms with Gasteiger partial charge in [0.25, 0.3) is 0 Å². The first-order chi connectivity index (χ1) is 12.4. The van der Waals surface area contributed by atoms with E-state index in [1.165, 1.54) is 0 Å². The van der Waals surface area contributed by atoms with E-state index in [0.29, 0.717) is 24.3 Å². The Bertz CT molecular complexity index is 846. The topological polar surface area (TPSA) is 67.4 Å². The molecule has 1 fully saturated rings. The van der Waals surface area contributed by atoms with Crippen molar-refractivity contribution in [2.75, 3.05) is 17.7 Å². The summed E-state index contributed by atoms with van der Waals surface area (Å²) >= 11 is 0. The fourth-order valence-corrected chi connectivity index (χ4v) is 3.28. The summed E-state index contributed by atoms with van der Waals surface area (Å²) in [7, 11) is 1.55. The summed E-state index contributed by atoms with van der Waals surface area (Å²) in [5.74, 6) is 0.0316. The van der Waals surface area contributed by atoms with Crippen LogP contribution in [0.25, 0.3) is 0 Å². The van der Waals surface area contributed by atoms with Crippen LogP contribution in [0.3, 0.4) is 0 Å². The maximum absolute atomic E-state index is 12.9. The molecule has 136 valence electrons. The predicted octanol–water partition coefficient (Wildman–Crippen LogP) is 3.98. The van der Waals surface area contributed by atoms with Crippen LogP contribution in [0, 0.1) is 26.2 Å². The number of carbonyl (C=O) groups is 2. The number of rotatable bonds is 5. The summed E-state index contributed by atoms with van der Waals surface area (Å²) in [6.07, 6.45) is 1.09. The Kier molecular flexibility index (Phi) is 4.72. The van der Waals surface area contributed by atoms with Gasteiger partial charge in [0.05, 0.1) is 12.8 Å². The van der Waals surface area contributed by atoms with Crippen molar-refractivity contribution in [2.45, 2.75) is 33.6 Å². The molecule has 0 aromatic heterocycles. The highest BCUT2D eigenvalue weighted by Gasteiger charge is 2.56. The molecule has 0 aliphatic heterocycles. The van der Waals surface area contributed by atoms with Crippen molar-refractivity contribution >= 4 is 23.2 Å². The Morgan fingerprint density at radius 3 is 2.12 bits per heavy atom. The normalized spacial score (nSPS) is 14.5. The average Bonchev–Trinajstić information content (AvgIpc) is 3.40. The Morgan fingerprint density at radius 1 is 0.962 bits per heavy atom. The fraction of sp³-hybridized carbons (Fsp3) is 0.333. The number of anilines is 2. The van der Waals surface area contributed by atoms with Gasteiger partial charge >= 0.3 is 0 Å². The van der Waals surface area contributed by atoms with Gasteiger partial charge in [-0.2, -0.15) is 0 Å². The van der Waals surface area contributed by atoms with Gasteiger partial charge in [0.15, 0.2) is 0 Å². The van der Waals surface area contributed by atoms with Crippen LogP contribution in [0.2, 0.25) is 0 Å². The number of ether oxygens (including phenoxy) is 1. The molecule has 26 heavy (non-hydrogen) atoms. The number of benzene rings is 2. The number of carbonyl (C=O) groups excluding carboxylic acids is 2. The molecule has 0 heterocycles. The molecule has 2 aromatic rings. The summed E-state index contributed by atoms with van der Waals surface area (Å²) in [6, 6.07) is 11.2. The lowest BCUT2D eigenvalue weighted by Crippen LogP contribution is -2.36. The third-order valence-corrected chi connectivity index (χ3v) is 4.89. The largest absolute Gasteiger partial charge is 0.495 e. The highest BCUT2D eigenvalue weighted by atomic mass is 16.5. The zero-order valence-corrected chi connectivity index (χ0v) is 15.6. The predicted molar refractivity (Wildman–Crippen MR) is 103 cm³/mol. The van der Waals surface area contributed by atoms with Gasteiger partial charge in [-0.25, -0.2) is 0 Å². The van der Waals surface area contributed by atoms with Gasteiger partial charge < -0.3 is 15.4 Å². The zero-order valence-electron chi connectivity index (χ0n) is 15.6. The summed E-state index contributed by atoms with van der Waals surface area (Å²) in [4.78, 5) is 25.7. The first-order valence-electron chi connectivity index (χ1n) is 8.71. The van der Waals surface area contributed by atoms with Crippen molar-refractivity contribution in [1.29, 1.82) is 0 Å². The lowest BCUT2D eigenvalue weighted by Gasteiger charge is -2.19. The van der Waals surface area contributed by atoms with E-state index in [0.717, 1.165) is 22.4 Å². The number of hydrogen-bond acceptors (Lipinski definition) is 3. The third kappa shape index (κ3) is 3.29. The van der Waals surface area contributed by atoms with Gasteiger partial charge in [0.2, 0.25) is 11.8 Å². The van der Waals surface area contributed by atoms with Crippen molar-refractivity contribution in [3.8, 4) is 5.75 Å². The van der Waals surface area contributed by atoms with Crippen molar-refractivity contribution in [3.05, 3.63) is 53.1 Å². The Morgan fingerprint density at radius 2 is 1.54 bits per heavy atom. The summed E-state index contributed by atoms with van der Waals surface area (Å²) in [5, 5.41) is 5.82. The first kappa shape index (κ1) is 18.0. The van der Waals surface area contributed by atoms with E-state index < -0.39 is 5.41 Å². The smallest absolute Gasteiger partial charge is 0.240 e. The summed E-state index contributed by atoms with van der Waals surface area (Å²) in [5.41, 5.74) is 3.49.